The van der Waals surface area contributed by atoms with E-state index in [1.165, 1.54) is 11.8 Å². The van der Waals surface area contributed by atoms with Crippen LogP contribution in [0, 0.1) is 13.8 Å². The highest BCUT2D eigenvalue weighted by molar-refractivity contribution is 7.99. The van der Waals surface area contributed by atoms with E-state index < -0.39 is 24.0 Å². The molecule has 3 rings (SSSR count). The van der Waals surface area contributed by atoms with Crippen molar-refractivity contribution < 1.29 is 23.9 Å². The number of hydrogen-bond donors (Lipinski definition) is 2. The highest BCUT2D eigenvalue weighted by atomic mass is 32.2. The van der Waals surface area contributed by atoms with Crippen LogP contribution in [0.2, 0.25) is 0 Å². The fraction of sp³-hybridized carbons (Fsp3) is 0.240. The molecule has 35 heavy (non-hydrogen) atoms. The van der Waals surface area contributed by atoms with Crippen LogP contribution in [0.25, 0.3) is 0 Å². The molecule has 0 aliphatic rings. The summed E-state index contributed by atoms with van der Waals surface area (Å²) in [5.74, 6) is -0.861. The number of rotatable bonds is 9. The molecule has 1 atom stereocenters. The minimum absolute atomic E-state index is 0.141. The molecule has 2 aromatic heterocycles. The average molecular weight is 495 g/mol. The number of carbonyl (C=O) groups is 3. The Morgan fingerprint density at radius 3 is 2.40 bits per heavy atom. The lowest BCUT2D eigenvalue weighted by Crippen LogP contribution is -2.31. The summed E-state index contributed by atoms with van der Waals surface area (Å²) in [4.78, 5) is 45.4. The van der Waals surface area contributed by atoms with Crippen LogP contribution >= 0.6 is 11.8 Å². The van der Waals surface area contributed by atoms with Crippen molar-refractivity contribution in [1.82, 2.24) is 15.3 Å². The summed E-state index contributed by atoms with van der Waals surface area (Å²) in [6.45, 7) is 5.19. The van der Waals surface area contributed by atoms with Gasteiger partial charge in [0, 0.05) is 24.3 Å². The number of amides is 2. The number of hydrogen-bond acceptors (Lipinski definition) is 8. The molecular formula is C25H26N4O5S. The van der Waals surface area contributed by atoms with Gasteiger partial charge >= 0.3 is 6.16 Å². The van der Waals surface area contributed by atoms with E-state index in [2.05, 4.69) is 25.3 Å². The molecule has 0 aliphatic carbocycles. The summed E-state index contributed by atoms with van der Waals surface area (Å²) in [5, 5.41) is 5.51. The Balaban J connectivity index is 1.79. The summed E-state index contributed by atoms with van der Waals surface area (Å²) < 4.78 is 9.48. The molecule has 0 aliphatic heterocycles. The molecule has 1 aromatic carbocycles. The minimum atomic E-state index is -0.925. The number of anilines is 1. The lowest BCUT2D eigenvalue weighted by atomic mass is 10.1. The molecule has 2 heterocycles. The van der Waals surface area contributed by atoms with Crippen LogP contribution in [0.4, 0.5) is 10.5 Å². The first-order chi connectivity index (χ1) is 16.9. The van der Waals surface area contributed by atoms with Gasteiger partial charge in [0.25, 0.3) is 11.8 Å². The van der Waals surface area contributed by atoms with E-state index in [0.717, 1.165) is 16.7 Å². The lowest BCUT2D eigenvalue weighted by molar-refractivity contribution is -0.125. The molecule has 2 amide bonds. The third kappa shape index (κ3) is 7.82. The van der Waals surface area contributed by atoms with Crippen LogP contribution in [-0.2, 0) is 14.3 Å². The number of carbonyl (C=O) groups excluding carboxylic acids is 3. The molecule has 0 saturated heterocycles. The zero-order chi connectivity index (χ0) is 25.2. The van der Waals surface area contributed by atoms with Crippen LogP contribution in [0.3, 0.4) is 0 Å². The summed E-state index contributed by atoms with van der Waals surface area (Å²) in [6.07, 6.45) is 3.84. The number of nitrogens with zero attached hydrogens (tertiary/aromatic N) is 2. The molecule has 9 nitrogen and oxygen atoms in total. The second-order valence-corrected chi connectivity index (χ2v) is 8.60. The van der Waals surface area contributed by atoms with Crippen molar-refractivity contribution in [3.05, 3.63) is 83.3 Å². The van der Waals surface area contributed by atoms with Gasteiger partial charge in [0.1, 0.15) is 10.4 Å². The maximum atomic E-state index is 13.1. The Kier molecular flexibility index (Phi) is 9.19. The molecule has 0 saturated carbocycles. The molecule has 0 spiro atoms. The molecular weight excluding hydrogens is 468 g/mol. The van der Waals surface area contributed by atoms with Gasteiger partial charge in [0.2, 0.25) is 0 Å². The Hall–Kier alpha value is -3.92. The number of benzene rings is 1. The predicted octanol–water partition coefficient (Wildman–Crippen LogP) is 4.43. The molecule has 0 radical (unpaired) electrons. The van der Waals surface area contributed by atoms with Gasteiger partial charge in [-0.2, -0.15) is 0 Å². The summed E-state index contributed by atoms with van der Waals surface area (Å²) >= 11 is 1.18. The SMILES string of the molecule is CCOC(=O)OCC(=O)NC(Sc1ncccc1C(=O)Nc1cc(C)cc(C)c1)c1ccncc1. The minimum Gasteiger partial charge on any atom is -0.435 e. The highest BCUT2D eigenvalue weighted by Crippen LogP contribution is 2.34. The van der Waals surface area contributed by atoms with Crippen molar-refractivity contribution in [2.24, 2.45) is 0 Å². The third-order valence-corrected chi connectivity index (χ3v) is 5.78. The number of aromatic nitrogens is 2. The molecule has 0 bridgehead atoms. The molecule has 1 unspecified atom stereocenters. The fourth-order valence-corrected chi connectivity index (χ4v) is 4.32. The van der Waals surface area contributed by atoms with Gasteiger partial charge in [-0.05, 0) is 73.9 Å². The molecule has 182 valence electrons. The molecule has 10 heteroatoms. The molecule has 3 aromatic rings. The number of thioether (sulfide) groups is 1. The summed E-state index contributed by atoms with van der Waals surface area (Å²) in [5.41, 5.74) is 3.83. The largest absolute Gasteiger partial charge is 0.508 e. The van der Waals surface area contributed by atoms with Gasteiger partial charge in [0.05, 0.1) is 12.2 Å². The van der Waals surface area contributed by atoms with Crippen LogP contribution in [0.1, 0.15) is 39.3 Å². The van der Waals surface area contributed by atoms with Gasteiger partial charge in [-0.1, -0.05) is 17.8 Å². The van der Waals surface area contributed by atoms with Gasteiger partial charge in [0.15, 0.2) is 6.61 Å². The summed E-state index contributed by atoms with van der Waals surface area (Å²) in [7, 11) is 0. The third-order valence-electron chi connectivity index (χ3n) is 4.61. The first-order valence-corrected chi connectivity index (χ1v) is 11.7. The van der Waals surface area contributed by atoms with Crippen molar-refractivity contribution in [2.45, 2.75) is 31.2 Å². The van der Waals surface area contributed by atoms with Crippen LogP contribution in [0.5, 0.6) is 0 Å². The van der Waals surface area contributed by atoms with Crippen molar-refractivity contribution >= 4 is 35.4 Å². The standard InChI is InChI=1S/C25H26N4O5S/c1-4-33-25(32)34-15-21(30)29-23(18-7-10-26-11-8-18)35-24-20(6-5-9-27-24)22(31)28-19-13-16(2)12-17(3)14-19/h5-14,23H,4,15H2,1-3H3,(H,28,31)(H,29,30). The average Bonchev–Trinajstić information content (AvgIpc) is 2.83. The normalized spacial score (nSPS) is 11.3. The van der Waals surface area contributed by atoms with Crippen LogP contribution in [-0.4, -0.2) is 41.2 Å². The van der Waals surface area contributed by atoms with Crippen LogP contribution in [0.15, 0.2) is 66.1 Å². The fourth-order valence-electron chi connectivity index (χ4n) is 3.21. The van der Waals surface area contributed by atoms with Crippen molar-refractivity contribution in [1.29, 1.82) is 0 Å². The van der Waals surface area contributed by atoms with E-state index in [-0.39, 0.29) is 12.5 Å². The topological polar surface area (TPSA) is 120 Å². The van der Waals surface area contributed by atoms with Gasteiger partial charge in [-0.3, -0.25) is 14.6 Å². The number of pyridine rings is 2. The second kappa shape index (κ2) is 12.5. The van der Waals surface area contributed by atoms with Crippen LogP contribution < -0.4 is 10.6 Å². The second-order valence-electron chi connectivity index (χ2n) is 7.50. The first kappa shape index (κ1) is 25.7. The lowest BCUT2D eigenvalue weighted by Gasteiger charge is -2.19. The van der Waals surface area contributed by atoms with E-state index in [9.17, 15) is 14.4 Å². The van der Waals surface area contributed by atoms with Gasteiger partial charge < -0.3 is 20.1 Å². The van der Waals surface area contributed by atoms with Crippen molar-refractivity contribution in [3.8, 4) is 0 Å². The van der Waals surface area contributed by atoms with E-state index in [4.69, 9.17) is 4.74 Å². The first-order valence-electron chi connectivity index (χ1n) is 10.9. The van der Waals surface area contributed by atoms with E-state index >= 15 is 0 Å². The maximum absolute atomic E-state index is 13.1. The van der Waals surface area contributed by atoms with E-state index in [0.29, 0.717) is 16.3 Å². The number of nitrogens with one attached hydrogen (secondary N) is 2. The number of aryl methyl sites for hydroxylation is 2. The Bertz CT molecular complexity index is 1170. The zero-order valence-electron chi connectivity index (χ0n) is 19.6. The number of ether oxygens (including phenoxy) is 2. The maximum Gasteiger partial charge on any atom is 0.508 e. The van der Waals surface area contributed by atoms with Crippen molar-refractivity contribution in [2.75, 3.05) is 18.5 Å². The van der Waals surface area contributed by atoms with E-state index in [1.807, 2.05) is 32.0 Å². The van der Waals surface area contributed by atoms with Crippen molar-refractivity contribution in [3.63, 3.8) is 0 Å². The molecule has 0 fully saturated rings. The monoisotopic (exact) mass is 494 g/mol. The van der Waals surface area contributed by atoms with E-state index in [1.54, 1.807) is 49.8 Å². The van der Waals surface area contributed by atoms with Gasteiger partial charge in [-0.25, -0.2) is 9.78 Å². The summed E-state index contributed by atoms with van der Waals surface area (Å²) in [6, 6.07) is 12.6. The van der Waals surface area contributed by atoms with Gasteiger partial charge in [-0.15, -0.1) is 0 Å². The zero-order valence-corrected chi connectivity index (χ0v) is 20.4. The Labute approximate surface area is 207 Å². The quantitative estimate of drug-likeness (QED) is 0.255. The smallest absolute Gasteiger partial charge is 0.435 e. The highest BCUT2D eigenvalue weighted by Gasteiger charge is 2.22. The predicted molar refractivity (Wildman–Crippen MR) is 132 cm³/mol. The molecule has 2 N–H and O–H groups in total. The Morgan fingerprint density at radius 1 is 1.00 bits per heavy atom. The Morgan fingerprint density at radius 2 is 1.71 bits per heavy atom.